The van der Waals surface area contributed by atoms with E-state index in [0.29, 0.717) is 39.8 Å². The van der Waals surface area contributed by atoms with Gasteiger partial charge in [0.15, 0.2) is 0 Å². The summed E-state index contributed by atoms with van der Waals surface area (Å²) in [6.07, 6.45) is -4.39. The third kappa shape index (κ3) is 5.89. The lowest BCUT2D eigenvalue weighted by atomic mass is 10.1. The highest BCUT2D eigenvalue weighted by atomic mass is 35.5. The lowest BCUT2D eigenvalue weighted by Gasteiger charge is -2.22. The predicted octanol–water partition coefficient (Wildman–Crippen LogP) is 7.09. The summed E-state index contributed by atoms with van der Waals surface area (Å²) < 4.78 is 40.8. The topological polar surface area (TPSA) is 62.1 Å². The lowest BCUT2D eigenvalue weighted by molar-refractivity contribution is -0.137. The number of hydrogen-bond donors (Lipinski definition) is 3. The van der Waals surface area contributed by atoms with E-state index in [-0.39, 0.29) is 17.8 Å². The fourth-order valence-electron chi connectivity index (χ4n) is 3.68. The Bertz CT molecular complexity index is 1340. The van der Waals surface area contributed by atoms with Crippen molar-refractivity contribution in [3.05, 3.63) is 82.4 Å². The van der Waals surface area contributed by atoms with E-state index >= 15 is 0 Å². The van der Waals surface area contributed by atoms with E-state index in [0.717, 1.165) is 17.6 Å². The lowest BCUT2D eigenvalue weighted by Crippen LogP contribution is -2.35. The van der Waals surface area contributed by atoms with Crippen molar-refractivity contribution in [2.45, 2.75) is 45.6 Å². The molecule has 0 spiro atoms. The zero-order chi connectivity index (χ0) is 25.4. The Hall–Kier alpha value is -3.23. The Morgan fingerprint density at radius 3 is 2.34 bits per heavy atom. The largest absolute Gasteiger partial charge is 0.505 e. The highest BCUT2D eigenvalue weighted by Gasteiger charge is 2.30. The number of benzene rings is 3. The molecule has 0 amide bonds. The molecule has 9 heteroatoms. The minimum absolute atomic E-state index is 0.0410. The average Bonchev–Trinajstić information content (AvgIpc) is 3.11. The van der Waals surface area contributed by atoms with Crippen LogP contribution in [0.15, 0.2) is 60.7 Å². The first-order valence-corrected chi connectivity index (χ1v) is 11.4. The van der Waals surface area contributed by atoms with Gasteiger partial charge in [0.1, 0.15) is 5.75 Å². The number of alkyl halides is 3. The standard InChI is InChI=1S/C26H26ClF3N4O/c1-25(2,3)31-14-17-12-19(27)13-21(23(17)35)33-24-32-20-6-4-5-7-22(20)34(24)15-16-8-10-18(11-9-16)26(28,29)30/h4-13,31,35H,14-15H2,1-3H3,(H,32,33). The van der Waals surface area contributed by atoms with Crippen molar-refractivity contribution in [2.75, 3.05) is 5.32 Å². The minimum atomic E-state index is -4.39. The van der Waals surface area contributed by atoms with Crippen LogP contribution in [0.2, 0.25) is 5.02 Å². The second-order valence-corrected chi connectivity index (χ2v) is 9.83. The van der Waals surface area contributed by atoms with E-state index in [1.165, 1.54) is 12.1 Å². The molecule has 0 aliphatic heterocycles. The van der Waals surface area contributed by atoms with Crippen LogP contribution in [0.1, 0.15) is 37.5 Å². The summed E-state index contributed by atoms with van der Waals surface area (Å²) in [4.78, 5) is 4.65. The van der Waals surface area contributed by atoms with Crippen LogP contribution in [-0.2, 0) is 19.3 Å². The molecule has 4 aromatic rings. The number of halogens is 4. The molecule has 0 aliphatic carbocycles. The number of phenols is 1. The first kappa shape index (κ1) is 24.9. The zero-order valence-electron chi connectivity index (χ0n) is 19.5. The molecule has 4 rings (SSSR count). The summed E-state index contributed by atoms with van der Waals surface area (Å²) in [5.74, 6) is 0.470. The molecule has 184 valence electrons. The number of imidazole rings is 1. The number of fused-ring (bicyclic) bond motifs is 1. The van der Waals surface area contributed by atoms with Gasteiger partial charge in [-0.3, -0.25) is 0 Å². The van der Waals surface area contributed by atoms with Crippen LogP contribution in [-0.4, -0.2) is 20.2 Å². The van der Waals surface area contributed by atoms with Crippen molar-refractivity contribution in [3.63, 3.8) is 0 Å². The Labute approximate surface area is 206 Å². The molecule has 0 bridgehead atoms. The first-order valence-electron chi connectivity index (χ1n) is 11.1. The van der Waals surface area contributed by atoms with Crippen molar-refractivity contribution in [2.24, 2.45) is 0 Å². The number of aromatic hydroxyl groups is 1. The second-order valence-electron chi connectivity index (χ2n) is 9.39. The van der Waals surface area contributed by atoms with Gasteiger partial charge in [-0.25, -0.2) is 4.98 Å². The van der Waals surface area contributed by atoms with Crippen molar-refractivity contribution in [1.82, 2.24) is 14.9 Å². The SMILES string of the molecule is CC(C)(C)NCc1cc(Cl)cc(Nc2nc3ccccc3n2Cc2ccc(C(F)(F)F)cc2)c1O. The normalized spacial score (nSPS) is 12.3. The molecule has 3 N–H and O–H groups in total. The fourth-order valence-corrected chi connectivity index (χ4v) is 3.92. The van der Waals surface area contributed by atoms with Gasteiger partial charge in [0, 0.05) is 22.7 Å². The molecule has 0 radical (unpaired) electrons. The summed E-state index contributed by atoms with van der Waals surface area (Å²) in [6, 6.07) is 15.8. The summed E-state index contributed by atoms with van der Waals surface area (Å²) in [7, 11) is 0. The second kappa shape index (κ2) is 9.43. The monoisotopic (exact) mass is 502 g/mol. The maximum Gasteiger partial charge on any atom is 0.416 e. The van der Waals surface area contributed by atoms with Gasteiger partial charge in [-0.2, -0.15) is 13.2 Å². The van der Waals surface area contributed by atoms with E-state index in [9.17, 15) is 18.3 Å². The van der Waals surface area contributed by atoms with E-state index < -0.39 is 11.7 Å². The average molecular weight is 503 g/mol. The molecular formula is C26H26ClF3N4O. The van der Waals surface area contributed by atoms with Crippen molar-refractivity contribution in [3.8, 4) is 5.75 Å². The Morgan fingerprint density at radius 2 is 1.69 bits per heavy atom. The molecule has 0 atom stereocenters. The third-order valence-corrected chi connectivity index (χ3v) is 5.70. The fraction of sp³-hybridized carbons (Fsp3) is 0.269. The van der Waals surface area contributed by atoms with E-state index in [1.54, 1.807) is 12.1 Å². The maximum absolute atomic E-state index is 13.0. The number of aromatic nitrogens is 2. The number of phenolic OH excluding ortho intramolecular Hbond substituents is 1. The molecule has 3 aromatic carbocycles. The molecule has 1 heterocycles. The van der Waals surface area contributed by atoms with Gasteiger partial charge in [-0.05, 0) is 62.7 Å². The summed E-state index contributed by atoms with van der Waals surface area (Å²) in [6.45, 7) is 6.76. The predicted molar refractivity (Wildman–Crippen MR) is 133 cm³/mol. The van der Waals surface area contributed by atoms with Crippen LogP contribution in [0.25, 0.3) is 11.0 Å². The zero-order valence-corrected chi connectivity index (χ0v) is 20.3. The number of nitrogens with one attached hydrogen (secondary N) is 2. The molecule has 1 aromatic heterocycles. The highest BCUT2D eigenvalue weighted by Crippen LogP contribution is 2.35. The van der Waals surface area contributed by atoms with E-state index in [1.807, 2.05) is 49.6 Å². The van der Waals surface area contributed by atoms with Gasteiger partial charge < -0.3 is 20.3 Å². The summed E-state index contributed by atoms with van der Waals surface area (Å²) >= 11 is 6.34. The van der Waals surface area contributed by atoms with Gasteiger partial charge in [-0.1, -0.05) is 35.9 Å². The van der Waals surface area contributed by atoms with Crippen LogP contribution in [0.5, 0.6) is 5.75 Å². The number of hydrogen-bond acceptors (Lipinski definition) is 4. The molecule has 0 aliphatic rings. The summed E-state index contributed by atoms with van der Waals surface area (Å²) in [5, 5.41) is 17.9. The molecule has 0 saturated carbocycles. The van der Waals surface area contributed by atoms with Gasteiger partial charge in [0.2, 0.25) is 5.95 Å². The Balaban J connectivity index is 1.69. The molecule has 0 saturated heterocycles. The first-order chi connectivity index (χ1) is 16.4. The number of para-hydroxylation sites is 2. The van der Waals surface area contributed by atoms with Crippen LogP contribution in [0.3, 0.4) is 0 Å². The van der Waals surface area contributed by atoms with Crippen LogP contribution < -0.4 is 10.6 Å². The van der Waals surface area contributed by atoms with E-state index in [2.05, 4.69) is 15.6 Å². The molecule has 35 heavy (non-hydrogen) atoms. The van der Waals surface area contributed by atoms with Crippen molar-refractivity contribution >= 4 is 34.3 Å². The van der Waals surface area contributed by atoms with Crippen molar-refractivity contribution < 1.29 is 18.3 Å². The molecule has 0 unspecified atom stereocenters. The van der Waals surface area contributed by atoms with Crippen molar-refractivity contribution in [1.29, 1.82) is 0 Å². The third-order valence-electron chi connectivity index (χ3n) is 5.49. The number of anilines is 2. The van der Waals surface area contributed by atoms with Gasteiger partial charge in [0.25, 0.3) is 0 Å². The van der Waals surface area contributed by atoms with Crippen LogP contribution in [0, 0.1) is 0 Å². The minimum Gasteiger partial charge on any atom is -0.505 e. The number of nitrogens with zero attached hydrogens (tertiary/aromatic N) is 2. The number of rotatable bonds is 6. The molecule has 0 fully saturated rings. The molecule has 5 nitrogen and oxygen atoms in total. The van der Waals surface area contributed by atoms with Gasteiger partial charge in [-0.15, -0.1) is 0 Å². The van der Waals surface area contributed by atoms with Crippen LogP contribution in [0.4, 0.5) is 24.8 Å². The quantitative estimate of drug-likeness (QED) is 0.246. The molecular weight excluding hydrogens is 477 g/mol. The van der Waals surface area contributed by atoms with Gasteiger partial charge in [0.05, 0.1) is 28.8 Å². The Kier molecular flexibility index (Phi) is 6.71. The highest BCUT2D eigenvalue weighted by molar-refractivity contribution is 6.31. The maximum atomic E-state index is 13.0. The summed E-state index contributed by atoms with van der Waals surface area (Å²) in [5.41, 5.74) is 2.33. The Morgan fingerprint density at radius 1 is 1.00 bits per heavy atom. The van der Waals surface area contributed by atoms with Gasteiger partial charge >= 0.3 is 6.18 Å². The smallest absolute Gasteiger partial charge is 0.416 e. The van der Waals surface area contributed by atoms with E-state index in [4.69, 9.17) is 11.6 Å². The van der Waals surface area contributed by atoms with Crippen LogP contribution >= 0.6 is 11.6 Å².